The van der Waals surface area contributed by atoms with Crippen LogP contribution in [0.4, 0.5) is 0 Å². The molecule has 6 heteroatoms. The van der Waals surface area contributed by atoms with Crippen molar-refractivity contribution < 1.29 is 4.74 Å². The lowest BCUT2D eigenvalue weighted by atomic mass is 10.1. The Labute approximate surface area is 147 Å². The van der Waals surface area contributed by atoms with Crippen molar-refractivity contribution in [3.05, 3.63) is 58.4 Å². The summed E-state index contributed by atoms with van der Waals surface area (Å²) in [6, 6.07) is 5.98. The maximum atomic E-state index is 6.26. The highest BCUT2D eigenvalue weighted by Crippen LogP contribution is 2.34. The zero-order valence-corrected chi connectivity index (χ0v) is 14.9. The lowest BCUT2D eigenvalue weighted by Crippen LogP contribution is -2.22. The Balaban J connectivity index is 2.08. The van der Waals surface area contributed by atoms with Gasteiger partial charge in [-0.2, -0.15) is 5.10 Å². The molecule has 0 spiro atoms. The van der Waals surface area contributed by atoms with E-state index in [9.17, 15) is 0 Å². The average molecular weight is 354 g/mol. The number of nitrogens with zero attached hydrogens (tertiary/aromatic N) is 2. The maximum absolute atomic E-state index is 6.26. The minimum Gasteiger partial charge on any atom is -0.486 e. The molecule has 0 radical (unpaired) electrons. The quantitative estimate of drug-likeness (QED) is 0.708. The topological polar surface area (TPSA) is 39.1 Å². The van der Waals surface area contributed by atoms with Gasteiger partial charge in [-0.05, 0) is 30.2 Å². The number of aromatic nitrogens is 2. The molecule has 0 saturated heterocycles. The van der Waals surface area contributed by atoms with E-state index in [2.05, 4.69) is 23.9 Å². The number of nitrogens with one attached hydrogen (secondary N) is 1. The zero-order valence-electron chi connectivity index (χ0n) is 13.4. The Morgan fingerprint density at radius 3 is 2.61 bits per heavy atom. The van der Waals surface area contributed by atoms with Crippen LogP contribution in [0.25, 0.3) is 0 Å². The number of rotatable bonds is 8. The van der Waals surface area contributed by atoms with Crippen LogP contribution in [0, 0.1) is 0 Å². The maximum Gasteiger partial charge on any atom is 0.156 e. The third kappa shape index (κ3) is 4.50. The Morgan fingerprint density at radius 2 is 2.09 bits per heavy atom. The first-order valence-electron chi connectivity index (χ1n) is 7.49. The fraction of sp³-hybridized carbons (Fsp3) is 0.353. The molecule has 2 aromatic rings. The van der Waals surface area contributed by atoms with E-state index in [1.165, 1.54) is 0 Å². The molecule has 1 unspecified atom stereocenters. The zero-order chi connectivity index (χ0) is 16.8. The fourth-order valence-corrected chi connectivity index (χ4v) is 3.06. The van der Waals surface area contributed by atoms with E-state index in [1.54, 1.807) is 12.3 Å². The van der Waals surface area contributed by atoms with Crippen molar-refractivity contribution >= 4 is 23.2 Å². The van der Waals surface area contributed by atoms with Gasteiger partial charge in [0.25, 0.3) is 0 Å². The van der Waals surface area contributed by atoms with Crippen molar-refractivity contribution in [2.75, 3.05) is 6.61 Å². The Kier molecular flexibility index (Phi) is 6.51. The van der Waals surface area contributed by atoms with E-state index in [0.717, 1.165) is 17.7 Å². The Morgan fingerprint density at radius 1 is 1.39 bits per heavy atom. The minimum absolute atomic E-state index is 0.219. The second kappa shape index (κ2) is 8.39. The van der Waals surface area contributed by atoms with Crippen LogP contribution in [0.1, 0.15) is 30.6 Å². The molecule has 1 heterocycles. The molecule has 2 rings (SSSR count). The van der Waals surface area contributed by atoms with Gasteiger partial charge >= 0.3 is 0 Å². The van der Waals surface area contributed by atoms with E-state index in [0.29, 0.717) is 28.9 Å². The molecule has 0 bridgehead atoms. The molecule has 0 aliphatic rings. The second-order valence-electron chi connectivity index (χ2n) is 5.21. The number of hydrogen-bond donors (Lipinski definition) is 1. The molecule has 1 aromatic heterocycles. The standard InChI is InChI=1S/C17H21Cl2N3O/c1-4-8-23-17-13(18)9-12(10-14(17)19)11-20-15(5-2)16-6-7-21-22(16)3/h4,6-7,9-10,15,20H,1,5,8,11H2,2-3H3. The van der Waals surface area contributed by atoms with Crippen LogP contribution in [0.15, 0.2) is 37.1 Å². The largest absolute Gasteiger partial charge is 0.486 e. The molecule has 0 fully saturated rings. The van der Waals surface area contributed by atoms with Crippen LogP contribution in [-0.2, 0) is 13.6 Å². The third-order valence-electron chi connectivity index (χ3n) is 3.58. The lowest BCUT2D eigenvalue weighted by Gasteiger charge is -2.18. The average Bonchev–Trinajstić information content (AvgIpc) is 2.93. The van der Waals surface area contributed by atoms with Gasteiger partial charge in [0.2, 0.25) is 0 Å². The predicted molar refractivity (Wildman–Crippen MR) is 95.2 cm³/mol. The molecule has 0 aliphatic heterocycles. The molecule has 0 saturated carbocycles. The summed E-state index contributed by atoms with van der Waals surface area (Å²) in [6.45, 7) is 6.78. The van der Waals surface area contributed by atoms with E-state index in [-0.39, 0.29) is 6.04 Å². The highest BCUT2D eigenvalue weighted by molar-refractivity contribution is 6.37. The highest BCUT2D eigenvalue weighted by Gasteiger charge is 2.14. The number of aryl methyl sites for hydroxylation is 1. The monoisotopic (exact) mass is 353 g/mol. The second-order valence-corrected chi connectivity index (χ2v) is 6.02. The molecule has 1 aromatic carbocycles. The number of ether oxygens (including phenoxy) is 1. The van der Waals surface area contributed by atoms with Gasteiger partial charge in [-0.3, -0.25) is 4.68 Å². The Bertz CT molecular complexity index is 647. The minimum atomic E-state index is 0.219. The fourth-order valence-electron chi connectivity index (χ4n) is 2.42. The summed E-state index contributed by atoms with van der Waals surface area (Å²) in [7, 11) is 1.94. The molecule has 0 amide bonds. The van der Waals surface area contributed by atoms with E-state index < -0.39 is 0 Å². The van der Waals surface area contributed by atoms with Crippen LogP contribution in [-0.4, -0.2) is 16.4 Å². The Hall–Kier alpha value is -1.49. The molecule has 0 aliphatic carbocycles. The first-order valence-corrected chi connectivity index (χ1v) is 8.25. The van der Waals surface area contributed by atoms with Crippen LogP contribution < -0.4 is 10.1 Å². The van der Waals surface area contributed by atoms with Gasteiger partial charge in [0, 0.05) is 25.8 Å². The van der Waals surface area contributed by atoms with Crippen LogP contribution in [0.5, 0.6) is 5.75 Å². The normalized spacial score (nSPS) is 12.2. The van der Waals surface area contributed by atoms with Crippen molar-refractivity contribution in [3.8, 4) is 5.75 Å². The van der Waals surface area contributed by atoms with Crippen LogP contribution in [0.2, 0.25) is 10.0 Å². The van der Waals surface area contributed by atoms with Gasteiger partial charge in [-0.25, -0.2) is 0 Å². The molecular weight excluding hydrogens is 333 g/mol. The van der Waals surface area contributed by atoms with Crippen LogP contribution >= 0.6 is 23.2 Å². The summed E-state index contributed by atoms with van der Waals surface area (Å²) in [5.41, 5.74) is 2.15. The molecule has 4 nitrogen and oxygen atoms in total. The van der Waals surface area contributed by atoms with E-state index in [1.807, 2.05) is 29.9 Å². The predicted octanol–water partition coefficient (Wildman–Crippen LogP) is 4.53. The summed E-state index contributed by atoms with van der Waals surface area (Å²) < 4.78 is 7.36. The van der Waals surface area contributed by atoms with Gasteiger partial charge in [-0.1, -0.05) is 42.8 Å². The van der Waals surface area contributed by atoms with Crippen molar-refractivity contribution in [2.24, 2.45) is 7.05 Å². The first kappa shape index (κ1) is 17.9. The van der Waals surface area contributed by atoms with E-state index >= 15 is 0 Å². The van der Waals surface area contributed by atoms with E-state index in [4.69, 9.17) is 27.9 Å². The summed E-state index contributed by atoms with van der Waals surface area (Å²) >= 11 is 12.5. The highest BCUT2D eigenvalue weighted by atomic mass is 35.5. The van der Waals surface area contributed by atoms with Gasteiger partial charge in [0.15, 0.2) is 5.75 Å². The van der Waals surface area contributed by atoms with Crippen molar-refractivity contribution in [1.82, 2.24) is 15.1 Å². The van der Waals surface area contributed by atoms with Gasteiger partial charge in [-0.15, -0.1) is 0 Å². The molecular formula is C17H21Cl2N3O. The number of benzene rings is 1. The first-order chi connectivity index (χ1) is 11.1. The molecule has 23 heavy (non-hydrogen) atoms. The van der Waals surface area contributed by atoms with Crippen LogP contribution in [0.3, 0.4) is 0 Å². The lowest BCUT2D eigenvalue weighted by molar-refractivity contribution is 0.363. The van der Waals surface area contributed by atoms with Gasteiger partial charge in [0.05, 0.1) is 15.7 Å². The summed E-state index contributed by atoms with van der Waals surface area (Å²) in [6.07, 6.45) is 4.42. The SMILES string of the molecule is C=CCOc1c(Cl)cc(CNC(CC)c2ccnn2C)cc1Cl. The van der Waals surface area contributed by atoms with Crippen molar-refractivity contribution in [2.45, 2.75) is 25.9 Å². The number of halogens is 2. The molecule has 1 N–H and O–H groups in total. The number of hydrogen-bond acceptors (Lipinski definition) is 3. The summed E-state index contributed by atoms with van der Waals surface area (Å²) in [5.74, 6) is 0.496. The molecule has 124 valence electrons. The third-order valence-corrected chi connectivity index (χ3v) is 4.14. The molecule has 1 atom stereocenters. The van der Waals surface area contributed by atoms with Crippen molar-refractivity contribution in [3.63, 3.8) is 0 Å². The van der Waals surface area contributed by atoms with Gasteiger partial charge < -0.3 is 10.1 Å². The smallest absolute Gasteiger partial charge is 0.156 e. The summed E-state index contributed by atoms with van der Waals surface area (Å²) in [4.78, 5) is 0. The van der Waals surface area contributed by atoms with Crippen molar-refractivity contribution in [1.29, 1.82) is 0 Å². The van der Waals surface area contributed by atoms with Gasteiger partial charge in [0.1, 0.15) is 6.61 Å². The summed E-state index contributed by atoms with van der Waals surface area (Å²) in [5, 5.41) is 8.74.